The molecular weight excluding hydrogens is 464 g/mol. The van der Waals surface area contributed by atoms with Gasteiger partial charge in [0.1, 0.15) is 5.60 Å². The molecule has 2 rings (SSSR count). The van der Waals surface area contributed by atoms with Crippen LogP contribution in [-0.4, -0.2) is 77.8 Å². The third-order valence-electron chi connectivity index (χ3n) is 3.57. The molecule has 2 aliphatic rings. The first-order chi connectivity index (χ1) is 16.2. The zero-order valence-electron chi connectivity index (χ0n) is 21.6. The Kier molecular flexibility index (Phi) is 16.0. The predicted octanol–water partition coefficient (Wildman–Crippen LogP) is 0.828. The maximum absolute atomic E-state index is 11.0. The van der Waals surface area contributed by atoms with E-state index in [1.807, 2.05) is 34.6 Å². The number of alkyl carbamates (subject to hydrolysis) is 1. The van der Waals surface area contributed by atoms with E-state index in [4.69, 9.17) is 4.74 Å². The molecule has 0 aromatic carbocycles. The van der Waals surface area contributed by atoms with Crippen LogP contribution in [-0.2, 0) is 38.3 Å². The molecule has 1 fully saturated rings. The van der Waals surface area contributed by atoms with Crippen molar-refractivity contribution in [3.63, 3.8) is 0 Å². The molecule has 1 saturated heterocycles. The van der Waals surface area contributed by atoms with Gasteiger partial charge < -0.3 is 20.2 Å². The Morgan fingerprint density at radius 3 is 1.69 bits per heavy atom. The maximum atomic E-state index is 11.0. The summed E-state index contributed by atoms with van der Waals surface area (Å²) in [6, 6.07) is 0. The van der Waals surface area contributed by atoms with Gasteiger partial charge in [0.2, 0.25) is 5.91 Å². The number of imide groups is 2. The number of nitrogens with one attached hydrogen (secondary N) is 2. The summed E-state index contributed by atoms with van der Waals surface area (Å²) in [7, 11) is 3.04. The second-order valence-corrected chi connectivity index (χ2v) is 7.50. The zero-order chi connectivity index (χ0) is 27.8. The van der Waals surface area contributed by atoms with E-state index in [9.17, 15) is 33.6 Å². The van der Waals surface area contributed by atoms with Crippen molar-refractivity contribution in [3.05, 3.63) is 12.2 Å². The summed E-state index contributed by atoms with van der Waals surface area (Å²) >= 11 is 0. The van der Waals surface area contributed by atoms with Gasteiger partial charge in [-0.2, -0.15) is 0 Å². The average molecular weight is 501 g/mol. The molecule has 2 N–H and O–H groups in total. The number of hydrogen-bond donors (Lipinski definition) is 2. The van der Waals surface area contributed by atoms with E-state index in [0.29, 0.717) is 5.06 Å². The summed E-state index contributed by atoms with van der Waals surface area (Å²) in [5, 5.41) is 5.29. The largest absolute Gasteiger partial charge is 0.444 e. The van der Waals surface area contributed by atoms with Gasteiger partial charge in [-0.1, -0.05) is 13.8 Å². The van der Waals surface area contributed by atoms with E-state index in [0.717, 1.165) is 11.8 Å². The van der Waals surface area contributed by atoms with Crippen molar-refractivity contribution in [1.82, 2.24) is 20.6 Å². The number of rotatable bonds is 4. The van der Waals surface area contributed by atoms with E-state index in [1.165, 1.54) is 26.2 Å². The van der Waals surface area contributed by atoms with Crippen LogP contribution in [0.5, 0.6) is 0 Å². The van der Waals surface area contributed by atoms with Crippen LogP contribution < -0.4 is 10.6 Å². The van der Waals surface area contributed by atoms with Crippen molar-refractivity contribution >= 4 is 41.6 Å². The summed E-state index contributed by atoms with van der Waals surface area (Å²) < 4.78 is 4.84. The predicted molar refractivity (Wildman–Crippen MR) is 124 cm³/mol. The molecule has 13 heteroatoms. The maximum Gasteiger partial charge on any atom is 0.407 e. The standard InChI is InChI=1S/C8H10N2O3.C6H7NO4.C6H13NO2.C2H6/c1-9-6(11)4-5-10-7(12)2-3-8(10)13;1-4(8)11-7-5(9)2-3-6(7)10;1-6(2,3)9-5(8)7-4;1-2/h2-3H,4-5H2,1H3,(H,9,11);2-3H2,1H3;1-4H3,(H,7,8);1-2H3. The molecule has 13 nitrogen and oxygen atoms in total. The zero-order valence-corrected chi connectivity index (χ0v) is 21.6. The van der Waals surface area contributed by atoms with Gasteiger partial charge in [0.05, 0.1) is 0 Å². The van der Waals surface area contributed by atoms with Crippen LogP contribution in [0.4, 0.5) is 4.79 Å². The van der Waals surface area contributed by atoms with E-state index < -0.39 is 17.8 Å². The van der Waals surface area contributed by atoms with Crippen molar-refractivity contribution in [1.29, 1.82) is 0 Å². The van der Waals surface area contributed by atoms with Gasteiger partial charge in [0.25, 0.3) is 23.6 Å². The van der Waals surface area contributed by atoms with E-state index in [2.05, 4.69) is 15.5 Å². The summed E-state index contributed by atoms with van der Waals surface area (Å²) in [6.45, 7) is 10.7. The molecule has 0 aliphatic carbocycles. The lowest BCUT2D eigenvalue weighted by atomic mass is 10.2. The highest BCUT2D eigenvalue weighted by molar-refractivity contribution is 6.13. The first kappa shape index (κ1) is 33.4. The number of hydrogen-bond acceptors (Lipinski definition) is 9. The molecule has 0 aromatic heterocycles. The van der Waals surface area contributed by atoms with E-state index in [-0.39, 0.29) is 55.2 Å². The molecule has 0 radical (unpaired) electrons. The highest BCUT2D eigenvalue weighted by Crippen LogP contribution is 2.11. The quantitative estimate of drug-likeness (QED) is 0.531. The number of hydroxylamine groups is 2. The molecule has 0 bridgehead atoms. The molecule has 35 heavy (non-hydrogen) atoms. The van der Waals surface area contributed by atoms with Gasteiger partial charge in [-0.05, 0) is 20.8 Å². The number of amides is 6. The van der Waals surface area contributed by atoms with E-state index in [1.54, 1.807) is 0 Å². The molecule has 0 atom stereocenters. The van der Waals surface area contributed by atoms with Crippen molar-refractivity contribution in [2.24, 2.45) is 0 Å². The Morgan fingerprint density at radius 1 is 0.914 bits per heavy atom. The molecule has 0 saturated carbocycles. The SMILES string of the molecule is CC.CC(=O)ON1C(=O)CCC1=O.CNC(=O)CCN1C(=O)C=CC1=O.CNC(=O)OC(C)(C)C. The van der Waals surface area contributed by atoms with Gasteiger partial charge in [-0.15, -0.1) is 5.06 Å². The fraction of sp³-hybridized carbons (Fsp3) is 0.591. The normalized spacial score (nSPS) is 14.1. The van der Waals surface area contributed by atoms with Crippen LogP contribution in [0, 0.1) is 0 Å². The van der Waals surface area contributed by atoms with Crippen LogP contribution in [0.2, 0.25) is 0 Å². The number of carbonyl (C=O) groups excluding carboxylic acids is 7. The average Bonchev–Trinajstić information content (AvgIpc) is 3.27. The smallest absolute Gasteiger partial charge is 0.407 e. The molecule has 2 heterocycles. The van der Waals surface area contributed by atoms with Crippen molar-refractivity contribution < 1.29 is 43.1 Å². The molecule has 0 spiro atoms. The highest BCUT2D eigenvalue weighted by atomic mass is 16.7. The number of nitrogens with zero attached hydrogens (tertiary/aromatic N) is 2. The van der Waals surface area contributed by atoms with Gasteiger partial charge in [0, 0.05) is 59.0 Å². The Hall–Kier alpha value is -3.77. The minimum absolute atomic E-state index is 0.131. The fourth-order valence-corrected chi connectivity index (χ4v) is 2.11. The van der Waals surface area contributed by atoms with Crippen molar-refractivity contribution in [3.8, 4) is 0 Å². The highest BCUT2D eigenvalue weighted by Gasteiger charge is 2.31. The van der Waals surface area contributed by atoms with Crippen LogP contribution in [0.15, 0.2) is 12.2 Å². The molecule has 6 amide bonds. The van der Waals surface area contributed by atoms with Crippen molar-refractivity contribution in [2.75, 3.05) is 20.6 Å². The Balaban J connectivity index is 0. The molecular formula is C22H36N4O9. The summed E-state index contributed by atoms with van der Waals surface area (Å²) in [5.74, 6) is -2.46. The Labute approximate surface area is 205 Å². The van der Waals surface area contributed by atoms with Crippen LogP contribution in [0.3, 0.4) is 0 Å². The molecule has 0 aromatic rings. The second-order valence-electron chi connectivity index (χ2n) is 7.50. The van der Waals surface area contributed by atoms with E-state index >= 15 is 0 Å². The lowest BCUT2D eigenvalue weighted by Crippen LogP contribution is -2.33. The Bertz CT molecular complexity index is 782. The van der Waals surface area contributed by atoms with Crippen molar-refractivity contribution in [2.45, 2.75) is 66.4 Å². The minimum atomic E-state index is -0.659. The fourth-order valence-electron chi connectivity index (χ4n) is 2.11. The first-order valence-corrected chi connectivity index (χ1v) is 10.9. The van der Waals surface area contributed by atoms with Gasteiger partial charge in [0.15, 0.2) is 0 Å². The van der Waals surface area contributed by atoms with Crippen LogP contribution in [0.25, 0.3) is 0 Å². The molecule has 2 aliphatic heterocycles. The minimum Gasteiger partial charge on any atom is -0.444 e. The third kappa shape index (κ3) is 14.9. The lowest BCUT2D eigenvalue weighted by molar-refractivity contribution is -0.195. The number of ether oxygens (including phenoxy) is 1. The third-order valence-corrected chi connectivity index (χ3v) is 3.57. The topological polar surface area (TPSA) is 168 Å². The summed E-state index contributed by atoms with van der Waals surface area (Å²) in [6.07, 6.45) is 2.43. The first-order valence-electron chi connectivity index (χ1n) is 10.9. The van der Waals surface area contributed by atoms with Crippen LogP contribution in [0.1, 0.15) is 60.8 Å². The summed E-state index contributed by atoms with van der Waals surface area (Å²) in [5.41, 5.74) is -0.389. The van der Waals surface area contributed by atoms with Crippen LogP contribution >= 0.6 is 0 Å². The van der Waals surface area contributed by atoms with Gasteiger partial charge in [-0.3, -0.25) is 28.9 Å². The molecule has 198 valence electrons. The summed E-state index contributed by atoms with van der Waals surface area (Å²) in [4.78, 5) is 80.4. The van der Waals surface area contributed by atoms with Gasteiger partial charge >= 0.3 is 12.1 Å². The lowest BCUT2D eigenvalue weighted by Gasteiger charge is -2.18. The second kappa shape index (κ2) is 16.8. The molecule has 0 unspecified atom stereocenters. The monoisotopic (exact) mass is 500 g/mol. The Morgan fingerprint density at radius 2 is 1.37 bits per heavy atom. The van der Waals surface area contributed by atoms with Gasteiger partial charge in [-0.25, -0.2) is 9.59 Å². The number of carbonyl (C=O) groups is 7.